The predicted octanol–water partition coefficient (Wildman–Crippen LogP) is 0.927. The van der Waals surface area contributed by atoms with Gasteiger partial charge in [-0.25, -0.2) is 9.37 Å². The molecule has 0 unspecified atom stereocenters. The normalized spacial score (nSPS) is 12.9. The standard InChI is InChI=1S/C19H24FN5O2/c1-12(22-2)18(26)25-11-16(14-4-6-15(20)7-5-14)19(27)24-10-13-3-8-17(21)23-9-13/h3-9,12,16,22H,10-11H2,1-2H3,(H2,21,23)(H,24,27)(H,25,26)/t12-,16-/m0/s1. The number of hydrogen-bond donors (Lipinski definition) is 4. The van der Waals surface area contributed by atoms with Crippen LogP contribution in [-0.4, -0.2) is 36.4 Å². The van der Waals surface area contributed by atoms with Gasteiger partial charge in [-0.3, -0.25) is 9.59 Å². The number of pyridine rings is 1. The van der Waals surface area contributed by atoms with Crippen molar-refractivity contribution in [2.75, 3.05) is 19.3 Å². The van der Waals surface area contributed by atoms with Gasteiger partial charge < -0.3 is 21.7 Å². The average molecular weight is 373 g/mol. The highest BCUT2D eigenvalue weighted by Gasteiger charge is 2.22. The van der Waals surface area contributed by atoms with Gasteiger partial charge in [0.05, 0.1) is 12.0 Å². The van der Waals surface area contributed by atoms with Gasteiger partial charge in [-0.05, 0) is 43.3 Å². The molecule has 2 rings (SSSR count). The molecule has 0 aliphatic carbocycles. The van der Waals surface area contributed by atoms with Crippen LogP contribution >= 0.6 is 0 Å². The minimum atomic E-state index is -0.652. The van der Waals surface area contributed by atoms with Crippen molar-refractivity contribution in [3.05, 3.63) is 59.5 Å². The Morgan fingerprint density at radius 1 is 1.11 bits per heavy atom. The average Bonchev–Trinajstić information content (AvgIpc) is 2.68. The Kier molecular flexibility index (Phi) is 7.25. The third-order valence-electron chi connectivity index (χ3n) is 4.21. The van der Waals surface area contributed by atoms with Crippen molar-refractivity contribution in [3.63, 3.8) is 0 Å². The summed E-state index contributed by atoms with van der Waals surface area (Å²) in [6.45, 7) is 2.09. The summed E-state index contributed by atoms with van der Waals surface area (Å²) >= 11 is 0. The quantitative estimate of drug-likeness (QED) is 0.550. The molecule has 1 aromatic carbocycles. The van der Waals surface area contributed by atoms with E-state index < -0.39 is 11.7 Å². The first-order chi connectivity index (χ1) is 12.9. The van der Waals surface area contributed by atoms with E-state index in [2.05, 4.69) is 20.9 Å². The van der Waals surface area contributed by atoms with Crippen LogP contribution < -0.4 is 21.7 Å². The van der Waals surface area contributed by atoms with E-state index in [4.69, 9.17) is 5.73 Å². The molecule has 0 saturated carbocycles. The fourth-order valence-corrected chi connectivity index (χ4v) is 2.40. The van der Waals surface area contributed by atoms with Crippen molar-refractivity contribution in [2.24, 2.45) is 0 Å². The van der Waals surface area contributed by atoms with Crippen molar-refractivity contribution in [3.8, 4) is 0 Å². The lowest BCUT2D eigenvalue weighted by Gasteiger charge is -2.19. The van der Waals surface area contributed by atoms with Crippen LogP contribution in [0.4, 0.5) is 10.2 Å². The topological polar surface area (TPSA) is 109 Å². The molecule has 0 aliphatic rings. The van der Waals surface area contributed by atoms with Crippen LogP contribution in [0.2, 0.25) is 0 Å². The van der Waals surface area contributed by atoms with Crippen LogP contribution in [-0.2, 0) is 16.1 Å². The summed E-state index contributed by atoms with van der Waals surface area (Å²) in [5.74, 6) is -1.15. The second kappa shape index (κ2) is 9.63. The Labute approximate surface area is 157 Å². The van der Waals surface area contributed by atoms with E-state index in [-0.39, 0.29) is 30.9 Å². The number of carbonyl (C=O) groups is 2. The monoisotopic (exact) mass is 373 g/mol. The Hall–Kier alpha value is -3.00. The number of nitrogen functional groups attached to an aromatic ring is 1. The van der Waals surface area contributed by atoms with E-state index in [0.717, 1.165) is 5.56 Å². The van der Waals surface area contributed by atoms with E-state index in [1.54, 1.807) is 32.3 Å². The molecule has 7 nitrogen and oxygen atoms in total. The SMILES string of the molecule is CN[C@@H](C)C(=O)NC[C@H](C(=O)NCc1ccc(N)nc1)c1ccc(F)cc1. The summed E-state index contributed by atoms with van der Waals surface area (Å²) in [5, 5.41) is 8.40. The number of benzene rings is 1. The summed E-state index contributed by atoms with van der Waals surface area (Å²) in [6, 6.07) is 8.69. The fraction of sp³-hybridized carbons (Fsp3) is 0.316. The third-order valence-corrected chi connectivity index (χ3v) is 4.21. The Morgan fingerprint density at radius 3 is 2.41 bits per heavy atom. The molecule has 0 radical (unpaired) electrons. The Bertz CT molecular complexity index is 765. The van der Waals surface area contributed by atoms with E-state index in [9.17, 15) is 14.0 Å². The maximum Gasteiger partial charge on any atom is 0.236 e. The molecular weight excluding hydrogens is 349 g/mol. The number of likely N-dealkylation sites (N-methyl/N-ethyl adjacent to an activating group) is 1. The first-order valence-corrected chi connectivity index (χ1v) is 8.59. The Morgan fingerprint density at radius 2 is 1.81 bits per heavy atom. The molecule has 1 heterocycles. The second-order valence-corrected chi connectivity index (χ2v) is 6.17. The van der Waals surface area contributed by atoms with Crippen LogP contribution in [0.3, 0.4) is 0 Å². The number of halogens is 1. The summed E-state index contributed by atoms with van der Waals surface area (Å²) in [7, 11) is 1.68. The molecule has 2 aromatic rings. The van der Waals surface area contributed by atoms with E-state index in [1.807, 2.05) is 0 Å². The zero-order valence-electron chi connectivity index (χ0n) is 15.3. The number of nitrogens with one attached hydrogen (secondary N) is 3. The van der Waals surface area contributed by atoms with E-state index >= 15 is 0 Å². The van der Waals surface area contributed by atoms with Crippen LogP contribution in [0.1, 0.15) is 24.0 Å². The van der Waals surface area contributed by atoms with Gasteiger partial charge in [-0.1, -0.05) is 18.2 Å². The van der Waals surface area contributed by atoms with Crippen molar-refractivity contribution in [2.45, 2.75) is 25.4 Å². The molecule has 0 aliphatic heterocycles. The largest absolute Gasteiger partial charge is 0.384 e. The van der Waals surface area contributed by atoms with Crippen molar-refractivity contribution >= 4 is 17.6 Å². The molecule has 144 valence electrons. The maximum absolute atomic E-state index is 13.2. The van der Waals surface area contributed by atoms with Crippen LogP contribution in [0.5, 0.6) is 0 Å². The van der Waals surface area contributed by atoms with Gasteiger partial charge in [-0.15, -0.1) is 0 Å². The lowest BCUT2D eigenvalue weighted by atomic mass is 9.97. The molecule has 0 fully saturated rings. The smallest absolute Gasteiger partial charge is 0.236 e. The summed E-state index contributed by atoms with van der Waals surface area (Å²) in [6.07, 6.45) is 1.58. The minimum absolute atomic E-state index is 0.0995. The van der Waals surface area contributed by atoms with Gasteiger partial charge in [0.2, 0.25) is 11.8 Å². The lowest BCUT2D eigenvalue weighted by molar-refractivity contribution is -0.124. The molecular formula is C19H24FN5O2. The van der Waals surface area contributed by atoms with Crippen molar-refractivity contribution < 1.29 is 14.0 Å². The molecule has 0 bridgehead atoms. The van der Waals surface area contributed by atoms with E-state index in [1.165, 1.54) is 24.3 Å². The van der Waals surface area contributed by atoms with Gasteiger partial charge in [0.1, 0.15) is 11.6 Å². The zero-order chi connectivity index (χ0) is 19.8. The molecule has 0 saturated heterocycles. The molecule has 2 amide bonds. The summed E-state index contributed by atoms with van der Waals surface area (Å²) in [5.41, 5.74) is 6.96. The molecule has 5 N–H and O–H groups in total. The first kappa shape index (κ1) is 20.3. The highest BCUT2D eigenvalue weighted by atomic mass is 19.1. The van der Waals surface area contributed by atoms with Crippen LogP contribution in [0, 0.1) is 5.82 Å². The van der Waals surface area contributed by atoms with Crippen LogP contribution in [0.25, 0.3) is 0 Å². The number of rotatable bonds is 8. The minimum Gasteiger partial charge on any atom is -0.384 e. The molecule has 1 aromatic heterocycles. The van der Waals surface area contributed by atoms with Crippen LogP contribution in [0.15, 0.2) is 42.6 Å². The maximum atomic E-state index is 13.2. The number of carbonyl (C=O) groups excluding carboxylic acids is 2. The van der Waals surface area contributed by atoms with Gasteiger partial charge in [0.25, 0.3) is 0 Å². The van der Waals surface area contributed by atoms with Gasteiger partial charge in [0, 0.05) is 19.3 Å². The second-order valence-electron chi connectivity index (χ2n) is 6.17. The highest BCUT2D eigenvalue weighted by Crippen LogP contribution is 2.16. The van der Waals surface area contributed by atoms with Gasteiger partial charge in [0.15, 0.2) is 0 Å². The van der Waals surface area contributed by atoms with Gasteiger partial charge in [-0.2, -0.15) is 0 Å². The predicted molar refractivity (Wildman–Crippen MR) is 101 cm³/mol. The first-order valence-electron chi connectivity index (χ1n) is 8.59. The molecule has 8 heteroatoms. The third kappa shape index (κ3) is 6.03. The number of nitrogens with two attached hydrogens (primary N) is 1. The number of nitrogens with zero attached hydrogens (tertiary/aromatic N) is 1. The number of hydrogen-bond acceptors (Lipinski definition) is 5. The lowest BCUT2D eigenvalue weighted by Crippen LogP contribution is -2.44. The number of anilines is 1. The molecule has 0 spiro atoms. The van der Waals surface area contributed by atoms with Gasteiger partial charge >= 0.3 is 0 Å². The molecule has 2 atom stereocenters. The van der Waals surface area contributed by atoms with Crippen molar-refractivity contribution in [1.29, 1.82) is 0 Å². The summed E-state index contributed by atoms with van der Waals surface area (Å²) < 4.78 is 13.2. The highest BCUT2D eigenvalue weighted by molar-refractivity contribution is 5.86. The number of amides is 2. The van der Waals surface area contributed by atoms with E-state index in [0.29, 0.717) is 11.4 Å². The molecule has 27 heavy (non-hydrogen) atoms. The fourth-order valence-electron chi connectivity index (χ4n) is 2.40. The van der Waals surface area contributed by atoms with Crippen molar-refractivity contribution in [1.82, 2.24) is 20.9 Å². The summed E-state index contributed by atoms with van der Waals surface area (Å²) in [4.78, 5) is 28.7. The number of aromatic nitrogens is 1. The zero-order valence-corrected chi connectivity index (χ0v) is 15.3. The Balaban J connectivity index is 2.07.